The molecule has 0 aromatic carbocycles. The van der Waals surface area contributed by atoms with Gasteiger partial charge in [0.05, 0.1) is 19.1 Å². The van der Waals surface area contributed by atoms with Crippen molar-refractivity contribution in [3.05, 3.63) is 0 Å². The second-order valence-corrected chi connectivity index (χ2v) is 4.45. The minimum absolute atomic E-state index is 0.0645. The molecule has 0 spiro atoms. The minimum Gasteiger partial charge on any atom is -0.469 e. The topological polar surface area (TPSA) is 61.8 Å². The number of esters is 1. The monoisotopic (exact) mass is 244 g/mol. The molecule has 5 nitrogen and oxygen atoms in total. The molecule has 5 heteroatoms. The third-order valence-corrected chi connectivity index (χ3v) is 3.50. The lowest BCUT2D eigenvalue weighted by Gasteiger charge is -2.44. The highest BCUT2D eigenvalue weighted by Gasteiger charge is 2.50. The average molecular weight is 244 g/mol. The van der Waals surface area contributed by atoms with Gasteiger partial charge in [-0.3, -0.25) is 9.59 Å². The van der Waals surface area contributed by atoms with Gasteiger partial charge in [-0.2, -0.15) is 0 Å². The van der Waals surface area contributed by atoms with Gasteiger partial charge in [0, 0.05) is 18.9 Å². The normalized spacial score (nSPS) is 29.3. The smallest absolute Gasteiger partial charge is 0.309 e. The molecule has 0 N–H and O–H groups in total. The van der Waals surface area contributed by atoms with Crippen molar-refractivity contribution in [2.45, 2.75) is 26.4 Å². The maximum Gasteiger partial charge on any atom is 0.309 e. The average Bonchev–Trinajstić information content (AvgIpc) is 2.27. The molecule has 0 amide bonds. The summed E-state index contributed by atoms with van der Waals surface area (Å²) in [6.45, 7) is 3.54. The quantitative estimate of drug-likeness (QED) is 0.515. The summed E-state index contributed by atoms with van der Waals surface area (Å²) < 4.78 is 15.0. The lowest BCUT2D eigenvalue weighted by molar-refractivity contribution is -0.185. The second kappa shape index (κ2) is 6.12. The van der Waals surface area contributed by atoms with Gasteiger partial charge < -0.3 is 14.2 Å². The van der Waals surface area contributed by atoms with Gasteiger partial charge in [-0.1, -0.05) is 6.92 Å². The Balaban J connectivity index is 2.65. The maximum absolute atomic E-state index is 11.5. The summed E-state index contributed by atoms with van der Waals surface area (Å²) in [5.74, 6) is -0.736. The molecule has 1 aliphatic carbocycles. The van der Waals surface area contributed by atoms with Crippen LogP contribution in [0.25, 0.3) is 0 Å². The van der Waals surface area contributed by atoms with Crippen LogP contribution in [0.5, 0.6) is 0 Å². The van der Waals surface area contributed by atoms with Crippen molar-refractivity contribution in [3.63, 3.8) is 0 Å². The standard InChI is InChI=1S/C12H20O5/c1-7(8(2)13)11-9(12(14)16-4)5-10(11)17-6-15-3/h7,9-11H,5-6H2,1-4H3/t7-,9+,10-,11+/m0/s1. The molecular formula is C12H20O5. The molecule has 0 heterocycles. The van der Waals surface area contributed by atoms with Crippen molar-refractivity contribution in [2.24, 2.45) is 17.8 Å². The summed E-state index contributed by atoms with van der Waals surface area (Å²) in [5.41, 5.74) is 0. The Hall–Kier alpha value is -0.940. The number of hydrogen-bond donors (Lipinski definition) is 0. The van der Waals surface area contributed by atoms with Gasteiger partial charge in [0.15, 0.2) is 0 Å². The Morgan fingerprint density at radius 2 is 2.00 bits per heavy atom. The number of carbonyl (C=O) groups is 2. The molecule has 0 saturated heterocycles. The Labute approximate surface area is 101 Å². The molecule has 0 aromatic rings. The summed E-state index contributed by atoms with van der Waals surface area (Å²) in [6.07, 6.45) is 0.496. The molecule has 1 fully saturated rings. The van der Waals surface area contributed by atoms with Gasteiger partial charge in [0.25, 0.3) is 0 Å². The fraction of sp³-hybridized carbons (Fsp3) is 0.833. The molecule has 0 radical (unpaired) electrons. The predicted octanol–water partition coefficient (Wildman–Crippen LogP) is 1.01. The number of Topliss-reactive ketones (excluding diaryl/α,β-unsaturated/α-hetero) is 1. The number of carbonyl (C=O) groups excluding carboxylic acids is 2. The van der Waals surface area contributed by atoms with Gasteiger partial charge in [-0.25, -0.2) is 0 Å². The van der Waals surface area contributed by atoms with Crippen molar-refractivity contribution in [1.82, 2.24) is 0 Å². The number of ketones is 1. The number of rotatable bonds is 6. The third kappa shape index (κ3) is 3.04. The van der Waals surface area contributed by atoms with Crippen LogP contribution in [-0.4, -0.2) is 38.9 Å². The highest BCUT2D eigenvalue weighted by molar-refractivity contribution is 5.81. The molecule has 0 aromatic heterocycles. The fourth-order valence-corrected chi connectivity index (χ4v) is 2.31. The van der Waals surface area contributed by atoms with Crippen LogP contribution in [0.4, 0.5) is 0 Å². The minimum atomic E-state index is -0.264. The SMILES string of the molecule is COCO[C@H]1C[C@@H](C(=O)OC)[C@H]1[C@@H](C)C(C)=O. The molecule has 98 valence electrons. The van der Waals surface area contributed by atoms with Crippen LogP contribution in [0.2, 0.25) is 0 Å². The summed E-state index contributed by atoms with van der Waals surface area (Å²) >= 11 is 0. The van der Waals surface area contributed by atoms with Crippen LogP contribution in [0.15, 0.2) is 0 Å². The predicted molar refractivity (Wildman–Crippen MR) is 60.2 cm³/mol. The highest BCUT2D eigenvalue weighted by atomic mass is 16.7. The summed E-state index contributed by atoms with van der Waals surface area (Å²) in [7, 11) is 2.90. The number of methoxy groups -OCH3 is 2. The van der Waals surface area contributed by atoms with Gasteiger partial charge in [0.2, 0.25) is 0 Å². The van der Waals surface area contributed by atoms with Crippen molar-refractivity contribution in [1.29, 1.82) is 0 Å². The molecule has 0 unspecified atom stereocenters. The van der Waals surface area contributed by atoms with E-state index >= 15 is 0 Å². The molecular weight excluding hydrogens is 224 g/mol. The van der Waals surface area contributed by atoms with E-state index in [4.69, 9.17) is 14.2 Å². The fourth-order valence-electron chi connectivity index (χ4n) is 2.31. The van der Waals surface area contributed by atoms with E-state index < -0.39 is 0 Å². The molecule has 0 bridgehead atoms. The molecule has 17 heavy (non-hydrogen) atoms. The zero-order valence-electron chi connectivity index (χ0n) is 10.8. The van der Waals surface area contributed by atoms with Gasteiger partial charge in [-0.05, 0) is 13.3 Å². The molecule has 1 rings (SSSR count). The van der Waals surface area contributed by atoms with E-state index in [0.29, 0.717) is 6.42 Å². The Bertz CT molecular complexity index is 289. The largest absolute Gasteiger partial charge is 0.469 e. The highest BCUT2D eigenvalue weighted by Crippen LogP contribution is 2.43. The number of hydrogen-bond acceptors (Lipinski definition) is 5. The molecule has 0 aliphatic heterocycles. The summed E-state index contributed by atoms with van der Waals surface area (Å²) in [6, 6.07) is 0. The van der Waals surface area contributed by atoms with E-state index in [1.54, 1.807) is 7.11 Å². The van der Waals surface area contributed by atoms with Gasteiger partial charge in [0.1, 0.15) is 12.6 Å². The summed E-state index contributed by atoms with van der Waals surface area (Å²) in [5, 5.41) is 0. The number of ether oxygens (including phenoxy) is 3. The molecule has 1 saturated carbocycles. The van der Waals surface area contributed by atoms with E-state index in [1.807, 2.05) is 6.92 Å². The first-order valence-electron chi connectivity index (χ1n) is 5.71. The van der Waals surface area contributed by atoms with Crippen LogP contribution in [-0.2, 0) is 23.8 Å². The van der Waals surface area contributed by atoms with Crippen LogP contribution in [0.3, 0.4) is 0 Å². The molecule has 4 atom stereocenters. The van der Waals surface area contributed by atoms with Crippen molar-refractivity contribution in [2.75, 3.05) is 21.0 Å². The molecule has 1 aliphatic rings. The van der Waals surface area contributed by atoms with E-state index in [2.05, 4.69) is 0 Å². The lowest BCUT2D eigenvalue weighted by atomic mass is 9.64. The van der Waals surface area contributed by atoms with Gasteiger partial charge in [-0.15, -0.1) is 0 Å². The Morgan fingerprint density at radius 1 is 1.35 bits per heavy atom. The zero-order chi connectivity index (χ0) is 13.0. The van der Waals surface area contributed by atoms with Gasteiger partial charge >= 0.3 is 5.97 Å². The van der Waals surface area contributed by atoms with Crippen molar-refractivity contribution >= 4 is 11.8 Å². The van der Waals surface area contributed by atoms with E-state index in [-0.39, 0.29) is 42.4 Å². The van der Waals surface area contributed by atoms with Crippen molar-refractivity contribution in [3.8, 4) is 0 Å². The van der Waals surface area contributed by atoms with E-state index in [0.717, 1.165) is 0 Å². The van der Waals surface area contributed by atoms with Crippen LogP contribution in [0.1, 0.15) is 20.3 Å². The zero-order valence-corrected chi connectivity index (χ0v) is 10.8. The van der Waals surface area contributed by atoms with Crippen LogP contribution < -0.4 is 0 Å². The van der Waals surface area contributed by atoms with Crippen LogP contribution >= 0.6 is 0 Å². The van der Waals surface area contributed by atoms with Crippen molar-refractivity contribution < 1.29 is 23.8 Å². The van der Waals surface area contributed by atoms with E-state index in [9.17, 15) is 9.59 Å². The van der Waals surface area contributed by atoms with Crippen LogP contribution in [0, 0.1) is 17.8 Å². The second-order valence-electron chi connectivity index (χ2n) is 4.45. The van der Waals surface area contributed by atoms with E-state index in [1.165, 1.54) is 14.0 Å². The first kappa shape index (κ1) is 14.1. The lowest BCUT2D eigenvalue weighted by Crippen LogP contribution is -2.52. The third-order valence-electron chi connectivity index (χ3n) is 3.50. The Morgan fingerprint density at radius 3 is 2.47 bits per heavy atom. The first-order valence-corrected chi connectivity index (χ1v) is 5.71. The summed E-state index contributed by atoms with van der Waals surface area (Å²) in [4.78, 5) is 22.9. The Kier molecular flexibility index (Phi) is 5.08. The first-order chi connectivity index (χ1) is 8.02. The maximum atomic E-state index is 11.5.